The van der Waals surface area contributed by atoms with Crippen molar-refractivity contribution in [3.8, 4) is 0 Å². The van der Waals surface area contributed by atoms with Crippen LogP contribution in [0.15, 0.2) is 11.6 Å². The summed E-state index contributed by atoms with van der Waals surface area (Å²) in [5, 5.41) is 20.2. The minimum Gasteiger partial charge on any atom is -0.392 e. The zero-order valence-electron chi connectivity index (χ0n) is 10.9. The maximum atomic E-state index is 11.1. The van der Waals surface area contributed by atoms with Gasteiger partial charge in [0, 0.05) is 10.8 Å². The van der Waals surface area contributed by atoms with Gasteiger partial charge in [-0.05, 0) is 37.7 Å². The predicted octanol–water partition coefficient (Wildman–Crippen LogP) is 2.50. The Morgan fingerprint density at radius 3 is 2.44 bits per heavy atom. The first kappa shape index (κ1) is 12.1. The summed E-state index contributed by atoms with van der Waals surface area (Å²) in [4.78, 5) is 0. The molecule has 0 aromatic heterocycles. The van der Waals surface area contributed by atoms with Crippen molar-refractivity contribution < 1.29 is 10.2 Å². The van der Waals surface area contributed by atoms with E-state index in [0.717, 1.165) is 18.4 Å². The van der Waals surface area contributed by atoms with Gasteiger partial charge in [-0.3, -0.25) is 0 Å². The second-order valence-electron chi connectivity index (χ2n) is 6.64. The smallest absolute Gasteiger partial charge is 0.0937 e. The highest BCUT2D eigenvalue weighted by Crippen LogP contribution is 2.68. The number of aliphatic hydroxyl groups is 2. The molecule has 2 bridgehead atoms. The zero-order valence-corrected chi connectivity index (χ0v) is 10.9. The average Bonchev–Trinajstić information content (AvgIpc) is 2.66. The molecular formula is C14H24O2. The van der Waals surface area contributed by atoms with Gasteiger partial charge in [-0.15, -0.1) is 0 Å². The van der Waals surface area contributed by atoms with Crippen LogP contribution in [0.2, 0.25) is 0 Å². The van der Waals surface area contributed by atoms with Crippen LogP contribution in [0.1, 0.15) is 47.0 Å². The summed E-state index contributed by atoms with van der Waals surface area (Å²) in [5.74, 6) is 0.616. The number of hydrogen-bond donors (Lipinski definition) is 2. The van der Waals surface area contributed by atoms with E-state index in [2.05, 4.69) is 20.8 Å². The Morgan fingerprint density at radius 1 is 1.38 bits per heavy atom. The zero-order chi connectivity index (χ0) is 12.2. The lowest BCUT2D eigenvalue weighted by molar-refractivity contribution is -0.104. The molecule has 0 unspecified atom stereocenters. The fourth-order valence-electron chi connectivity index (χ4n) is 4.05. The Balaban J connectivity index is 2.46. The highest BCUT2D eigenvalue weighted by atomic mass is 16.3. The topological polar surface area (TPSA) is 40.5 Å². The van der Waals surface area contributed by atoms with E-state index in [1.54, 1.807) is 0 Å². The van der Waals surface area contributed by atoms with E-state index in [1.807, 2.05) is 13.0 Å². The van der Waals surface area contributed by atoms with Gasteiger partial charge in [-0.25, -0.2) is 0 Å². The third kappa shape index (κ3) is 1.26. The second-order valence-corrected chi connectivity index (χ2v) is 6.64. The van der Waals surface area contributed by atoms with E-state index < -0.39 is 5.60 Å². The Kier molecular flexibility index (Phi) is 2.52. The van der Waals surface area contributed by atoms with Crippen LogP contribution in [0.3, 0.4) is 0 Å². The molecule has 0 aromatic carbocycles. The van der Waals surface area contributed by atoms with Crippen molar-refractivity contribution in [2.45, 2.75) is 52.6 Å². The molecule has 0 heterocycles. The fourth-order valence-corrected chi connectivity index (χ4v) is 4.05. The van der Waals surface area contributed by atoms with Crippen LogP contribution >= 0.6 is 0 Å². The number of rotatable bonds is 2. The molecule has 16 heavy (non-hydrogen) atoms. The summed E-state index contributed by atoms with van der Waals surface area (Å²) in [6.45, 7) is 8.47. The highest BCUT2D eigenvalue weighted by molar-refractivity contribution is 5.27. The summed E-state index contributed by atoms with van der Waals surface area (Å²) in [6.07, 6.45) is 5.38. The fraction of sp³-hybridized carbons (Fsp3) is 0.857. The number of fused-ring (bicyclic) bond motifs is 2. The Labute approximate surface area is 98.4 Å². The minimum atomic E-state index is -0.754. The molecule has 0 aliphatic heterocycles. The molecule has 2 fully saturated rings. The van der Waals surface area contributed by atoms with Gasteiger partial charge in [0.1, 0.15) is 0 Å². The van der Waals surface area contributed by atoms with E-state index in [0.29, 0.717) is 5.92 Å². The number of hydrogen-bond acceptors (Lipinski definition) is 2. The van der Waals surface area contributed by atoms with Crippen LogP contribution in [-0.2, 0) is 0 Å². The Morgan fingerprint density at radius 2 is 2.00 bits per heavy atom. The highest BCUT2D eigenvalue weighted by Gasteiger charge is 2.67. The van der Waals surface area contributed by atoms with Crippen LogP contribution in [-0.4, -0.2) is 22.4 Å². The maximum absolute atomic E-state index is 11.1. The van der Waals surface area contributed by atoms with E-state index in [-0.39, 0.29) is 17.4 Å². The first-order chi connectivity index (χ1) is 7.27. The maximum Gasteiger partial charge on any atom is 0.0937 e. The molecule has 0 spiro atoms. The van der Waals surface area contributed by atoms with Crippen molar-refractivity contribution in [3.63, 3.8) is 0 Å². The SMILES string of the molecule is C/C(=C/[C@]1(O)C(C)(C)[C@H]2CC[C@]1(C)C2)CO. The Hall–Kier alpha value is -0.340. The summed E-state index contributed by atoms with van der Waals surface area (Å²) in [6, 6.07) is 0. The predicted molar refractivity (Wildman–Crippen MR) is 65.0 cm³/mol. The van der Waals surface area contributed by atoms with Gasteiger partial charge in [0.25, 0.3) is 0 Å². The van der Waals surface area contributed by atoms with Crippen molar-refractivity contribution in [2.24, 2.45) is 16.7 Å². The summed E-state index contributed by atoms with van der Waals surface area (Å²) in [5.41, 5.74) is 0.0494. The van der Waals surface area contributed by atoms with Crippen molar-refractivity contribution in [1.82, 2.24) is 0 Å². The van der Waals surface area contributed by atoms with Gasteiger partial charge in [0.2, 0.25) is 0 Å². The van der Waals surface area contributed by atoms with E-state index in [9.17, 15) is 5.11 Å². The van der Waals surface area contributed by atoms with Gasteiger partial charge in [-0.1, -0.05) is 26.8 Å². The van der Waals surface area contributed by atoms with Crippen LogP contribution < -0.4 is 0 Å². The monoisotopic (exact) mass is 224 g/mol. The molecule has 0 aromatic rings. The number of aliphatic hydroxyl groups excluding tert-OH is 1. The molecular weight excluding hydrogens is 200 g/mol. The average molecular weight is 224 g/mol. The van der Waals surface area contributed by atoms with Gasteiger partial charge < -0.3 is 10.2 Å². The first-order valence-corrected chi connectivity index (χ1v) is 6.28. The first-order valence-electron chi connectivity index (χ1n) is 6.28. The molecule has 2 N–H and O–H groups in total. The molecule has 2 aliphatic carbocycles. The van der Waals surface area contributed by atoms with Gasteiger partial charge in [0.05, 0.1) is 12.2 Å². The lowest BCUT2D eigenvalue weighted by atomic mass is 9.60. The summed E-state index contributed by atoms with van der Waals surface area (Å²) < 4.78 is 0. The molecule has 2 saturated carbocycles. The van der Waals surface area contributed by atoms with Gasteiger partial charge in [-0.2, -0.15) is 0 Å². The quantitative estimate of drug-likeness (QED) is 0.708. The third-order valence-electron chi connectivity index (χ3n) is 5.37. The van der Waals surface area contributed by atoms with E-state index >= 15 is 0 Å². The molecule has 0 amide bonds. The molecule has 2 heteroatoms. The van der Waals surface area contributed by atoms with Gasteiger partial charge in [0.15, 0.2) is 0 Å². The van der Waals surface area contributed by atoms with Crippen molar-refractivity contribution in [3.05, 3.63) is 11.6 Å². The molecule has 0 radical (unpaired) electrons. The molecule has 2 nitrogen and oxygen atoms in total. The van der Waals surface area contributed by atoms with Crippen molar-refractivity contribution in [1.29, 1.82) is 0 Å². The summed E-state index contributed by atoms with van der Waals surface area (Å²) >= 11 is 0. The standard InChI is InChI=1S/C14H24O2/c1-10(9-15)7-14(16)12(2,3)11-5-6-13(14,4)8-11/h7,11,15-16H,5-6,8-9H2,1-4H3/b10-7-/t11-,13+,14-/m0/s1. The molecule has 2 aliphatic rings. The van der Waals surface area contributed by atoms with Crippen molar-refractivity contribution >= 4 is 0 Å². The normalized spacial score (nSPS) is 46.4. The van der Waals surface area contributed by atoms with Crippen LogP contribution in [0, 0.1) is 16.7 Å². The second kappa shape index (κ2) is 3.33. The van der Waals surface area contributed by atoms with Crippen LogP contribution in [0.4, 0.5) is 0 Å². The third-order valence-corrected chi connectivity index (χ3v) is 5.37. The summed E-state index contributed by atoms with van der Waals surface area (Å²) in [7, 11) is 0. The lowest BCUT2D eigenvalue weighted by Gasteiger charge is -2.49. The molecule has 0 saturated heterocycles. The van der Waals surface area contributed by atoms with E-state index in [4.69, 9.17) is 5.11 Å². The van der Waals surface area contributed by atoms with Crippen molar-refractivity contribution in [2.75, 3.05) is 6.61 Å². The van der Waals surface area contributed by atoms with E-state index in [1.165, 1.54) is 6.42 Å². The Bertz CT molecular complexity index is 325. The van der Waals surface area contributed by atoms with Crippen LogP contribution in [0.25, 0.3) is 0 Å². The van der Waals surface area contributed by atoms with Crippen LogP contribution in [0.5, 0.6) is 0 Å². The molecule has 92 valence electrons. The molecule has 2 rings (SSSR count). The largest absolute Gasteiger partial charge is 0.392 e. The minimum absolute atomic E-state index is 0.00238. The lowest BCUT2D eigenvalue weighted by Crippen LogP contribution is -2.52. The molecule has 3 atom stereocenters. The van der Waals surface area contributed by atoms with Gasteiger partial charge >= 0.3 is 0 Å².